The maximum absolute atomic E-state index is 12.7. The zero-order valence-corrected chi connectivity index (χ0v) is 14.2. The van der Waals surface area contributed by atoms with Crippen molar-refractivity contribution in [3.05, 3.63) is 70.3 Å². The van der Waals surface area contributed by atoms with Crippen LogP contribution in [0.3, 0.4) is 0 Å². The number of nitrogens with one attached hydrogen (secondary N) is 2. The van der Waals surface area contributed by atoms with Crippen molar-refractivity contribution in [2.45, 2.75) is 26.7 Å². The van der Waals surface area contributed by atoms with E-state index in [9.17, 15) is 9.59 Å². The van der Waals surface area contributed by atoms with Crippen molar-refractivity contribution in [1.29, 1.82) is 0 Å². The molecule has 3 rings (SSSR count). The molecular weight excluding hydrogens is 316 g/mol. The zero-order valence-electron chi connectivity index (χ0n) is 14.2. The van der Waals surface area contributed by atoms with E-state index >= 15 is 0 Å². The highest BCUT2D eigenvalue weighted by Crippen LogP contribution is 2.10. The number of carbonyl (C=O) groups excluding carboxylic acids is 1. The first-order valence-electron chi connectivity index (χ1n) is 8.30. The number of hydrogen-bond acceptors (Lipinski definition) is 3. The molecule has 0 saturated carbocycles. The molecule has 0 bridgehead atoms. The molecule has 1 aromatic heterocycles. The van der Waals surface area contributed by atoms with Crippen molar-refractivity contribution in [3.8, 4) is 0 Å². The Morgan fingerprint density at radius 1 is 1.04 bits per heavy atom. The largest absolute Gasteiger partial charge is 0.338 e. The lowest BCUT2D eigenvalue weighted by molar-refractivity contribution is 0.259. The molecule has 128 valence electrons. The van der Waals surface area contributed by atoms with Gasteiger partial charge in [0.1, 0.15) is 5.82 Å². The Hall–Kier alpha value is -3.15. The lowest BCUT2D eigenvalue weighted by atomic mass is 10.1. The topological polar surface area (TPSA) is 76.0 Å². The fourth-order valence-corrected chi connectivity index (χ4v) is 2.62. The van der Waals surface area contributed by atoms with E-state index in [1.165, 1.54) is 10.2 Å². The Morgan fingerprint density at radius 3 is 2.44 bits per heavy atom. The van der Waals surface area contributed by atoms with Crippen LogP contribution in [0.5, 0.6) is 0 Å². The molecular formula is C19H20N4O2. The van der Waals surface area contributed by atoms with Gasteiger partial charge in [0.25, 0.3) is 5.56 Å². The number of nitrogens with zero attached hydrogens (tertiary/aromatic N) is 2. The van der Waals surface area contributed by atoms with Gasteiger partial charge in [-0.15, -0.1) is 0 Å². The van der Waals surface area contributed by atoms with Crippen LogP contribution in [0.4, 0.5) is 10.5 Å². The molecule has 2 amide bonds. The lowest BCUT2D eigenvalue weighted by Gasteiger charge is -2.14. The normalized spacial score (nSPS) is 10.6. The van der Waals surface area contributed by atoms with Crippen molar-refractivity contribution < 1.29 is 4.79 Å². The van der Waals surface area contributed by atoms with Gasteiger partial charge in [-0.3, -0.25) is 4.79 Å². The first kappa shape index (κ1) is 16.7. The molecule has 0 aliphatic rings. The minimum absolute atomic E-state index is 0.293. The van der Waals surface area contributed by atoms with Gasteiger partial charge < -0.3 is 5.32 Å². The van der Waals surface area contributed by atoms with Gasteiger partial charge in [0, 0.05) is 12.1 Å². The highest BCUT2D eigenvalue weighted by atomic mass is 16.2. The van der Waals surface area contributed by atoms with Crippen LogP contribution >= 0.6 is 0 Å². The quantitative estimate of drug-likeness (QED) is 0.767. The number of rotatable bonds is 4. The van der Waals surface area contributed by atoms with Crippen LogP contribution in [0.25, 0.3) is 10.9 Å². The van der Waals surface area contributed by atoms with E-state index in [0.29, 0.717) is 28.8 Å². The minimum atomic E-state index is -0.488. The second-order valence-electron chi connectivity index (χ2n) is 5.66. The summed E-state index contributed by atoms with van der Waals surface area (Å²) in [6.07, 6.45) is 1.45. The smallest absolute Gasteiger partial charge is 0.307 e. The highest BCUT2D eigenvalue weighted by molar-refractivity contribution is 5.95. The average molecular weight is 336 g/mol. The molecule has 6 nitrogen and oxygen atoms in total. The summed E-state index contributed by atoms with van der Waals surface area (Å²) in [5.74, 6) is 0.500. The Morgan fingerprint density at radius 2 is 1.76 bits per heavy atom. The Bertz CT molecular complexity index is 961. The summed E-state index contributed by atoms with van der Waals surface area (Å²) in [5, 5.41) is 3.20. The molecule has 0 aliphatic carbocycles. The summed E-state index contributed by atoms with van der Waals surface area (Å²) in [6.45, 7) is 3.96. The van der Waals surface area contributed by atoms with Crippen molar-refractivity contribution in [1.82, 2.24) is 9.66 Å². The number of benzene rings is 2. The van der Waals surface area contributed by atoms with Crippen LogP contribution in [0.15, 0.2) is 53.3 Å². The van der Waals surface area contributed by atoms with Gasteiger partial charge in [-0.2, -0.15) is 0 Å². The number of aromatic nitrogens is 2. The maximum atomic E-state index is 12.7. The standard InChI is InChI=1S/C19H20N4O2/c1-3-13-9-11-14(12-10-13)20-19(25)22-23-17(4-2)21-16-8-6-5-7-15(16)18(23)24/h5-12H,3-4H2,1-2H3,(H2,20,22,25). The lowest BCUT2D eigenvalue weighted by Crippen LogP contribution is -2.38. The second kappa shape index (κ2) is 7.17. The van der Waals surface area contributed by atoms with E-state index in [2.05, 4.69) is 22.7 Å². The van der Waals surface area contributed by atoms with Gasteiger partial charge in [0.05, 0.1) is 10.9 Å². The average Bonchev–Trinajstić information content (AvgIpc) is 2.64. The minimum Gasteiger partial charge on any atom is -0.307 e. The summed E-state index contributed by atoms with van der Waals surface area (Å²) >= 11 is 0. The zero-order chi connectivity index (χ0) is 17.8. The molecule has 0 saturated heterocycles. The predicted octanol–water partition coefficient (Wildman–Crippen LogP) is 3.30. The molecule has 0 spiro atoms. The van der Waals surface area contributed by atoms with Crippen LogP contribution in [0, 0.1) is 0 Å². The third kappa shape index (κ3) is 3.52. The molecule has 0 aliphatic heterocycles. The SMILES string of the molecule is CCc1ccc(NC(=O)Nn2c(CC)nc3ccccc3c2=O)cc1. The van der Waals surface area contributed by atoms with Crippen LogP contribution in [0.2, 0.25) is 0 Å². The van der Waals surface area contributed by atoms with Crippen LogP contribution in [0.1, 0.15) is 25.2 Å². The first-order chi connectivity index (χ1) is 12.1. The van der Waals surface area contributed by atoms with Crippen LogP contribution < -0.4 is 16.3 Å². The van der Waals surface area contributed by atoms with E-state index in [-0.39, 0.29) is 5.56 Å². The summed E-state index contributed by atoms with van der Waals surface area (Å²) in [5.41, 5.74) is 4.77. The molecule has 25 heavy (non-hydrogen) atoms. The molecule has 6 heteroatoms. The summed E-state index contributed by atoms with van der Waals surface area (Å²) in [4.78, 5) is 29.4. The Labute approximate surface area is 145 Å². The predicted molar refractivity (Wildman–Crippen MR) is 99.6 cm³/mol. The van der Waals surface area contributed by atoms with Gasteiger partial charge in [-0.25, -0.2) is 19.9 Å². The van der Waals surface area contributed by atoms with E-state index in [1.54, 1.807) is 18.2 Å². The van der Waals surface area contributed by atoms with E-state index in [0.717, 1.165) is 6.42 Å². The number of urea groups is 1. The number of anilines is 1. The molecule has 2 aromatic carbocycles. The molecule has 0 radical (unpaired) electrons. The fraction of sp³-hybridized carbons (Fsp3) is 0.211. The van der Waals surface area contributed by atoms with Crippen molar-refractivity contribution in [2.24, 2.45) is 0 Å². The van der Waals surface area contributed by atoms with Crippen molar-refractivity contribution in [2.75, 3.05) is 10.7 Å². The third-order valence-electron chi connectivity index (χ3n) is 3.99. The monoisotopic (exact) mass is 336 g/mol. The van der Waals surface area contributed by atoms with E-state index < -0.39 is 6.03 Å². The van der Waals surface area contributed by atoms with Crippen LogP contribution in [-0.4, -0.2) is 15.7 Å². The number of fused-ring (bicyclic) bond motifs is 1. The van der Waals surface area contributed by atoms with Gasteiger partial charge in [0.15, 0.2) is 0 Å². The van der Waals surface area contributed by atoms with Gasteiger partial charge in [-0.1, -0.05) is 38.1 Å². The molecule has 2 N–H and O–H groups in total. The number of amides is 2. The van der Waals surface area contributed by atoms with Gasteiger partial charge >= 0.3 is 6.03 Å². The number of carbonyl (C=O) groups is 1. The second-order valence-corrected chi connectivity index (χ2v) is 5.66. The molecule has 3 aromatic rings. The fourth-order valence-electron chi connectivity index (χ4n) is 2.62. The summed E-state index contributed by atoms with van der Waals surface area (Å²) in [7, 11) is 0. The van der Waals surface area contributed by atoms with Gasteiger partial charge in [-0.05, 0) is 36.2 Å². The number of para-hydroxylation sites is 1. The van der Waals surface area contributed by atoms with Gasteiger partial charge in [0.2, 0.25) is 0 Å². The molecule has 0 fully saturated rings. The van der Waals surface area contributed by atoms with E-state index in [1.807, 2.05) is 37.3 Å². The first-order valence-corrected chi connectivity index (χ1v) is 8.30. The summed E-state index contributed by atoms with van der Waals surface area (Å²) < 4.78 is 1.21. The Balaban J connectivity index is 1.87. The Kier molecular flexibility index (Phi) is 4.79. The number of hydrogen-bond donors (Lipinski definition) is 2. The highest BCUT2D eigenvalue weighted by Gasteiger charge is 2.12. The molecule has 0 unspecified atom stereocenters. The van der Waals surface area contributed by atoms with E-state index in [4.69, 9.17) is 0 Å². The third-order valence-corrected chi connectivity index (χ3v) is 3.99. The molecule has 0 atom stereocenters. The maximum Gasteiger partial charge on any atom is 0.338 e. The van der Waals surface area contributed by atoms with Crippen molar-refractivity contribution in [3.63, 3.8) is 0 Å². The van der Waals surface area contributed by atoms with Crippen molar-refractivity contribution >= 4 is 22.6 Å². The molecule has 1 heterocycles. The van der Waals surface area contributed by atoms with Crippen LogP contribution in [-0.2, 0) is 12.8 Å². The number of aryl methyl sites for hydroxylation is 2. The summed E-state index contributed by atoms with van der Waals surface area (Å²) in [6, 6.07) is 14.2.